The Balaban J connectivity index is 1.63. The van der Waals surface area contributed by atoms with Crippen molar-refractivity contribution < 1.29 is 28.2 Å². The highest BCUT2D eigenvalue weighted by Crippen LogP contribution is 2.15. The lowest BCUT2D eigenvalue weighted by atomic mass is 10.0. The number of aromatic hydroxyl groups is 1. The number of ether oxygens (including phenoxy) is 1. The molecule has 4 N–H and O–H groups in total. The van der Waals surface area contributed by atoms with Gasteiger partial charge in [0, 0.05) is 37.2 Å². The Hall–Kier alpha value is -3.62. The van der Waals surface area contributed by atoms with Crippen molar-refractivity contribution >= 4 is 11.8 Å². The average Bonchev–Trinajstić information content (AvgIpc) is 2.86. The summed E-state index contributed by atoms with van der Waals surface area (Å²) in [5.41, 5.74) is 9.23. The Morgan fingerprint density at radius 1 is 0.946 bits per heavy atom. The van der Waals surface area contributed by atoms with Gasteiger partial charge in [0.05, 0.1) is 6.42 Å². The Labute approximate surface area is 215 Å². The Bertz CT molecular complexity index is 1200. The fraction of sp³-hybridized carbons (Fsp3) is 0.310. The third-order valence-electron chi connectivity index (χ3n) is 5.95. The second kappa shape index (κ2) is 13.6. The lowest BCUT2D eigenvalue weighted by Gasteiger charge is -2.25. The van der Waals surface area contributed by atoms with E-state index in [0.717, 1.165) is 18.1 Å². The van der Waals surface area contributed by atoms with E-state index in [1.807, 2.05) is 18.2 Å². The van der Waals surface area contributed by atoms with Gasteiger partial charge >= 0.3 is 5.97 Å². The number of carbonyl (C=O) groups excluding carboxylic acids is 2. The molecule has 6 nitrogen and oxygen atoms in total. The van der Waals surface area contributed by atoms with Gasteiger partial charge in [-0.1, -0.05) is 43.3 Å². The van der Waals surface area contributed by atoms with Crippen molar-refractivity contribution in [1.29, 1.82) is 0 Å². The Morgan fingerprint density at radius 3 is 2.35 bits per heavy atom. The molecule has 37 heavy (non-hydrogen) atoms. The summed E-state index contributed by atoms with van der Waals surface area (Å²) in [6.07, 6.45) is -0.0858. The van der Waals surface area contributed by atoms with Crippen LogP contribution in [-0.2, 0) is 28.9 Å². The number of esters is 1. The highest BCUT2D eigenvalue weighted by Gasteiger charge is 2.23. The molecule has 0 aromatic heterocycles. The topological polar surface area (TPSA) is 102 Å². The maximum Gasteiger partial charge on any atom is 0.306 e. The average molecular weight is 511 g/mol. The van der Waals surface area contributed by atoms with Crippen LogP contribution in [0.25, 0.3) is 0 Å². The number of nitrogens with one attached hydrogen (secondary N) is 1. The molecular formula is C29H32F2N2O4. The summed E-state index contributed by atoms with van der Waals surface area (Å²) in [7, 11) is 0. The molecule has 0 saturated heterocycles. The number of benzene rings is 3. The van der Waals surface area contributed by atoms with Crippen molar-refractivity contribution in [2.24, 2.45) is 5.73 Å². The fourth-order valence-corrected chi connectivity index (χ4v) is 4.00. The van der Waals surface area contributed by atoms with Crippen LogP contribution in [0.15, 0.2) is 66.7 Å². The van der Waals surface area contributed by atoms with Gasteiger partial charge < -0.3 is 20.9 Å². The molecule has 3 aromatic rings. The molecule has 0 saturated carbocycles. The van der Waals surface area contributed by atoms with Crippen LogP contribution in [0.5, 0.6) is 5.75 Å². The van der Waals surface area contributed by atoms with E-state index in [1.165, 1.54) is 29.8 Å². The number of halogens is 2. The lowest BCUT2D eigenvalue weighted by Crippen LogP contribution is -2.46. The minimum Gasteiger partial charge on any atom is -0.508 e. The number of rotatable bonds is 13. The van der Waals surface area contributed by atoms with Crippen molar-refractivity contribution in [1.82, 2.24) is 5.32 Å². The molecule has 0 unspecified atom stereocenters. The minimum atomic E-state index is -0.802. The van der Waals surface area contributed by atoms with Crippen LogP contribution in [0.4, 0.5) is 8.78 Å². The zero-order valence-electron chi connectivity index (χ0n) is 20.8. The molecule has 0 aliphatic heterocycles. The van der Waals surface area contributed by atoms with Gasteiger partial charge in [0.1, 0.15) is 23.5 Å². The third-order valence-corrected chi connectivity index (χ3v) is 5.95. The number of aryl methyl sites for hydroxylation is 1. The van der Waals surface area contributed by atoms with Crippen LogP contribution in [0, 0.1) is 11.6 Å². The van der Waals surface area contributed by atoms with Crippen molar-refractivity contribution in [2.75, 3.05) is 6.54 Å². The molecule has 0 bridgehead atoms. The number of Topliss-reactive ketones (excluding diaryl/α,β-unsaturated/α-hetero) is 1. The Morgan fingerprint density at radius 2 is 1.65 bits per heavy atom. The number of ketones is 1. The third kappa shape index (κ3) is 9.08. The fourth-order valence-electron chi connectivity index (χ4n) is 4.00. The Kier molecular flexibility index (Phi) is 10.3. The van der Waals surface area contributed by atoms with E-state index in [-0.39, 0.29) is 37.3 Å². The monoisotopic (exact) mass is 510 g/mol. The smallest absolute Gasteiger partial charge is 0.306 e. The van der Waals surface area contributed by atoms with E-state index in [2.05, 4.69) is 18.3 Å². The molecule has 0 heterocycles. The van der Waals surface area contributed by atoms with Crippen molar-refractivity contribution in [3.63, 3.8) is 0 Å². The van der Waals surface area contributed by atoms with Crippen molar-refractivity contribution in [3.8, 4) is 5.75 Å². The highest BCUT2D eigenvalue weighted by atomic mass is 19.1. The summed E-state index contributed by atoms with van der Waals surface area (Å²) < 4.78 is 32.9. The van der Waals surface area contributed by atoms with E-state index < -0.39 is 29.7 Å². The van der Waals surface area contributed by atoms with Crippen LogP contribution in [0.1, 0.15) is 46.8 Å². The first-order valence-corrected chi connectivity index (χ1v) is 12.2. The van der Waals surface area contributed by atoms with E-state index in [9.17, 15) is 23.5 Å². The van der Waals surface area contributed by atoms with E-state index in [1.54, 1.807) is 12.1 Å². The first kappa shape index (κ1) is 28.0. The number of phenolic OH excluding ortho intramolecular Hbond substituents is 1. The standard InChI is InChI=1S/C29H32F2N2O4/c1-2-19-5-3-6-20(11-19)17-33-18-28(26(32)14-21-12-23(30)16-24(31)13-21)37-29(36)10-9-27(35)22-7-4-8-25(34)15-22/h3-8,11-13,15-16,26,28,33-34H,2,9-10,14,17-18,32H2,1H3/t26-,28+/m0/s1. The van der Waals surface area contributed by atoms with Gasteiger partial charge in [0.25, 0.3) is 0 Å². The lowest BCUT2D eigenvalue weighted by molar-refractivity contribution is -0.149. The molecule has 0 radical (unpaired) electrons. The normalized spacial score (nSPS) is 12.6. The number of carbonyl (C=O) groups is 2. The predicted octanol–water partition coefficient (Wildman–Crippen LogP) is 4.47. The molecule has 8 heteroatoms. The molecule has 2 atom stereocenters. The zero-order chi connectivity index (χ0) is 26.8. The quantitative estimate of drug-likeness (QED) is 0.232. The van der Waals surface area contributed by atoms with Crippen molar-refractivity contribution in [3.05, 3.63) is 101 Å². The molecule has 0 amide bonds. The summed E-state index contributed by atoms with van der Waals surface area (Å²) in [6.45, 7) is 2.79. The van der Waals surface area contributed by atoms with Crippen LogP contribution in [0.3, 0.4) is 0 Å². The van der Waals surface area contributed by atoms with Crippen LogP contribution in [-0.4, -0.2) is 35.5 Å². The number of hydrogen-bond acceptors (Lipinski definition) is 6. The van der Waals surface area contributed by atoms with Gasteiger partial charge in [-0.2, -0.15) is 0 Å². The molecular weight excluding hydrogens is 478 g/mol. The number of hydrogen-bond donors (Lipinski definition) is 3. The first-order chi connectivity index (χ1) is 17.7. The molecule has 0 aliphatic rings. The van der Waals surface area contributed by atoms with Gasteiger partial charge in [0.2, 0.25) is 0 Å². The summed E-state index contributed by atoms with van der Waals surface area (Å²) in [5, 5.41) is 12.8. The van der Waals surface area contributed by atoms with Crippen LogP contribution in [0.2, 0.25) is 0 Å². The SMILES string of the molecule is CCc1cccc(CNC[C@@H](OC(=O)CCC(=O)c2cccc(O)c2)[C@@H](N)Cc2cc(F)cc(F)c2)c1. The molecule has 0 spiro atoms. The van der Waals surface area contributed by atoms with E-state index >= 15 is 0 Å². The number of nitrogens with two attached hydrogens (primary N) is 1. The highest BCUT2D eigenvalue weighted by molar-refractivity contribution is 5.97. The van der Waals surface area contributed by atoms with Gasteiger partial charge in [-0.3, -0.25) is 9.59 Å². The van der Waals surface area contributed by atoms with E-state index in [4.69, 9.17) is 10.5 Å². The van der Waals surface area contributed by atoms with Crippen molar-refractivity contribution in [2.45, 2.75) is 51.3 Å². The first-order valence-electron chi connectivity index (χ1n) is 12.2. The van der Waals surface area contributed by atoms with Gasteiger partial charge in [-0.25, -0.2) is 8.78 Å². The largest absolute Gasteiger partial charge is 0.508 e. The maximum absolute atomic E-state index is 13.7. The van der Waals surface area contributed by atoms with Gasteiger partial charge in [-0.15, -0.1) is 0 Å². The molecule has 196 valence electrons. The van der Waals surface area contributed by atoms with Crippen LogP contribution >= 0.6 is 0 Å². The summed E-state index contributed by atoms with van der Waals surface area (Å²) in [6, 6.07) is 16.4. The minimum absolute atomic E-state index is 0.0382. The van der Waals surface area contributed by atoms with Gasteiger partial charge in [-0.05, 0) is 53.8 Å². The summed E-state index contributed by atoms with van der Waals surface area (Å²) in [5.74, 6) is -2.39. The second-order valence-electron chi connectivity index (χ2n) is 8.95. The summed E-state index contributed by atoms with van der Waals surface area (Å²) >= 11 is 0. The molecule has 0 aliphatic carbocycles. The molecule has 0 fully saturated rings. The van der Waals surface area contributed by atoms with Gasteiger partial charge in [0.15, 0.2) is 5.78 Å². The molecule has 3 rings (SSSR count). The summed E-state index contributed by atoms with van der Waals surface area (Å²) in [4.78, 5) is 25.0. The zero-order valence-corrected chi connectivity index (χ0v) is 20.8. The molecule has 3 aromatic carbocycles. The second-order valence-corrected chi connectivity index (χ2v) is 8.95. The maximum atomic E-state index is 13.7. The number of phenols is 1. The predicted molar refractivity (Wildman–Crippen MR) is 137 cm³/mol. The van der Waals surface area contributed by atoms with Crippen LogP contribution < -0.4 is 11.1 Å². The van der Waals surface area contributed by atoms with E-state index in [0.29, 0.717) is 17.7 Å².